The van der Waals surface area contributed by atoms with E-state index in [0.717, 1.165) is 37.9 Å². The maximum absolute atomic E-state index is 11.9. The summed E-state index contributed by atoms with van der Waals surface area (Å²) in [5.74, 6) is 1.66. The lowest BCUT2D eigenvalue weighted by Crippen LogP contribution is -2.47. The van der Waals surface area contributed by atoms with E-state index in [-0.39, 0.29) is 18.6 Å². The van der Waals surface area contributed by atoms with Crippen molar-refractivity contribution in [2.24, 2.45) is 10.9 Å². The monoisotopic (exact) mass is 352 g/mol. The van der Waals surface area contributed by atoms with Crippen molar-refractivity contribution >= 4 is 11.9 Å². The Kier molecular flexibility index (Phi) is 8.52. The highest BCUT2D eigenvalue weighted by atomic mass is 16.5. The second-order valence-corrected chi connectivity index (χ2v) is 7.62. The highest BCUT2D eigenvalue weighted by Crippen LogP contribution is 2.27. The molecular weight excluding hydrogens is 316 g/mol. The molecular formula is C19H36N4O2. The molecule has 1 saturated carbocycles. The molecule has 0 bridgehead atoms. The lowest BCUT2D eigenvalue weighted by molar-refractivity contribution is -0.127. The van der Waals surface area contributed by atoms with Crippen molar-refractivity contribution in [3.8, 4) is 0 Å². The van der Waals surface area contributed by atoms with E-state index in [1.807, 2.05) is 0 Å². The van der Waals surface area contributed by atoms with Gasteiger partial charge in [0.05, 0.1) is 6.10 Å². The van der Waals surface area contributed by atoms with Gasteiger partial charge in [0.25, 0.3) is 0 Å². The van der Waals surface area contributed by atoms with Gasteiger partial charge in [0.15, 0.2) is 5.96 Å². The van der Waals surface area contributed by atoms with Crippen LogP contribution in [0.4, 0.5) is 0 Å². The third kappa shape index (κ3) is 7.22. The summed E-state index contributed by atoms with van der Waals surface area (Å²) < 4.78 is 5.68. The molecule has 2 aliphatic rings. The van der Waals surface area contributed by atoms with Gasteiger partial charge in [0.1, 0.15) is 6.54 Å². The minimum Gasteiger partial charge on any atom is -0.376 e. The number of carbonyl (C=O) groups excluding carboxylic acids is 1. The molecule has 1 unspecified atom stereocenters. The van der Waals surface area contributed by atoms with E-state index in [1.54, 1.807) is 19.0 Å². The van der Waals surface area contributed by atoms with Crippen molar-refractivity contribution in [2.75, 3.05) is 33.8 Å². The molecule has 25 heavy (non-hydrogen) atoms. The van der Waals surface area contributed by atoms with Crippen LogP contribution in [0, 0.1) is 5.92 Å². The maximum atomic E-state index is 11.9. The van der Waals surface area contributed by atoms with Crippen LogP contribution in [0.2, 0.25) is 0 Å². The van der Waals surface area contributed by atoms with Crippen molar-refractivity contribution in [2.45, 2.75) is 70.4 Å². The molecule has 1 saturated heterocycles. The lowest BCUT2D eigenvalue weighted by Gasteiger charge is -2.30. The van der Waals surface area contributed by atoms with E-state index in [0.29, 0.717) is 6.04 Å². The Morgan fingerprint density at radius 1 is 1.20 bits per heavy atom. The Balaban J connectivity index is 1.84. The fraction of sp³-hybridized carbons (Fsp3) is 0.895. The molecule has 1 amide bonds. The molecule has 0 spiro atoms. The van der Waals surface area contributed by atoms with Gasteiger partial charge >= 0.3 is 0 Å². The molecule has 2 N–H and O–H groups in total. The predicted molar refractivity (Wildman–Crippen MR) is 102 cm³/mol. The number of guanidine groups is 1. The normalized spacial score (nSPS) is 27.2. The maximum Gasteiger partial charge on any atom is 0.243 e. The van der Waals surface area contributed by atoms with Crippen LogP contribution >= 0.6 is 0 Å². The van der Waals surface area contributed by atoms with Crippen LogP contribution in [0.1, 0.15) is 58.3 Å². The molecule has 0 aromatic rings. The summed E-state index contributed by atoms with van der Waals surface area (Å²) in [5, 5.41) is 6.93. The van der Waals surface area contributed by atoms with Gasteiger partial charge in [-0.25, -0.2) is 4.99 Å². The average molecular weight is 353 g/mol. The number of nitrogens with one attached hydrogen (secondary N) is 2. The van der Waals surface area contributed by atoms with Crippen LogP contribution in [0.25, 0.3) is 0 Å². The van der Waals surface area contributed by atoms with Gasteiger partial charge in [-0.15, -0.1) is 0 Å². The van der Waals surface area contributed by atoms with E-state index >= 15 is 0 Å². The van der Waals surface area contributed by atoms with Crippen LogP contribution in [0.5, 0.6) is 0 Å². The molecule has 1 aliphatic heterocycles. The van der Waals surface area contributed by atoms with E-state index in [9.17, 15) is 4.79 Å². The summed E-state index contributed by atoms with van der Waals surface area (Å²) in [7, 11) is 3.53. The summed E-state index contributed by atoms with van der Waals surface area (Å²) in [4.78, 5) is 17.9. The minimum atomic E-state index is 0.0184. The molecule has 1 atom stereocenters. The minimum absolute atomic E-state index is 0.0184. The first-order valence-electron chi connectivity index (χ1n) is 9.95. The Morgan fingerprint density at radius 2 is 1.96 bits per heavy atom. The molecule has 2 fully saturated rings. The number of nitrogens with zero attached hydrogens (tertiary/aromatic N) is 2. The van der Waals surface area contributed by atoms with E-state index < -0.39 is 0 Å². The molecule has 1 heterocycles. The van der Waals surface area contributed by atoms with Gasteiger partial charge in [-0.2, -0.15) is 0 Å². The van der Waals surface area contributed by atoms with Crippen molar-refractivity contribution in [1.82, 2.24) is 15.5 Å². The van der Waals surface area contributed by atoms with Crippen LogP contribution < -0.4 is 10.6 Å². The zero-order valence-electron chi connectivity index (χ0n) is 16.2. The standard InChI is InChI=1S/C19H36N4O2/c1-4-6-15-8-10-16(11-9-15)22-19(21-14-18(24)23(2)3)20-13-17-7-5-12-25-17/h15-17H,4-14H2,1-3H3,(H2,20,21,22). The summed E-state index contributed by atoms with van der Waals surface area (Å²) >= 11 is 0. The van der Waals surface area contributed by atoms with Gasteiger partial charge in [-0.3, -0.25) is 4.79 Å². The highest BCUT2D eigenvalue weighted by Gasteiger charge is 2.22. The molecule has 6 nitrogen and oxygen atoms in total. The number of amides is 1. The smallest absolute Gasteiger partial charge is 0.243 e. The highest BCUT2D eigenvalue weighted by molar-refractivity contribution is 5.84. The van der Waals surface area contributed by atoms with E-state index in [2.05, 4.69) is 22.5 Å². The van der Waals surface area contributed by atoms with Crippen molar-refractivity contribution in [1.29, 1.82) is 0 Å². The molecule has 144 valence electrons. The van der Waals surface area contributed by atoms with Crippen LogP contribution in [0.15, 0.2) is 4.99 Å². The Hall–Kier alpha value is -1.30. The Labute approximate surface area is 152 Å². The van der Waals surface area contributed by atoms with Gasteiger partial charge < -0.3 is 20.3 Å². The second-order valence-electron chi connectivity index (χ2n) is 7.62. The topological polar surface area (TPSA) is 66.0 Å². The van der Waals surface area contributed by atoms with Crippen LogP contribution in [-0.2, 0) is 9.53 Å². The number of rotatable bonds is 7. The summed E-state index contributed by atoms with van der Waals surface area (Å²) in [6.07, 6.45) is 10.1. The third-order valence-electron chi connectivity index (χ3n) is 5.28. The van der Waals surface area contributed by atoms with Gasteiger partial charge in [0.2, 0.25) is 5.91 Å². The van der Waals surface area contributed by atoms with Crippen LogP contribution in [0.3, 0.4) is 0 Å². The number of carbonyl (C=O) groups is 1. The first kappa shape index (κ1) is 20.0. The fourth-order valence-corrected chi connectivity index (χ4v) is 3.65. The van der Waals surface area contributed by atoms with E-state index in [1.165, 1.54) is 38.5 Å². The zero-order chi connectivity index (χ0) is 18.1. The van der Waals surface area contributed by atoms with E-state index in [4.69, 9.17) is 4.74 Å². The SMILES string of the molecule is CCCC1CCC(NC(=NCC(=O)N(C)C)NCC2CCCO2)CC1. The van der Waals surface area contributed by atoms with Crippen molar-refractivity contribution < 1.29 is 9.53 Å². The van der Waals surface area contributed by atoms with Gasteiger partial charge in [-0.1, -0.05) is 19.8 Å². The molecule has 1 aliphatic carbocycles. The van der Waals surface area contributed by atoms with Crippen LogP contribution in [-0.4, -0.2) is 62.7 Å². The number of ether oxygens (including phenoxy) is 1. The zero-order valence-corrected chi connectivity index (χ0v) is 16.2. The van der Waals surface area contributed by atoms with Crippen molar-refractivity contribution in [3.63, 3.8) is 0 Å². The second kappa shape index (κ2) is 10.6. The molecule has 6 heteroatoms. The molecule has 0 aromatic heterocycles. The first-order valence-corrected chi connectivity index (χ1v) is 9.95. The Morgan fingerprint density at radius 3 is 2.56 bits per heavy atom. The lowest BCUT2D eigenvalue weighted by atomic mass is 9.83. The number of aliphatic imine (C=N–C) groups is 1. The first-order chi connectivity index (χ1) is 12.1. The number of likely N-dealkylation sites (N-methyl/N-ethyl adjacent to an activating group) is 1. The number of hydrogen-bond donors (Lipinski definition) is 2. The van der Waals surface area contributed by atoms with Crippen molar-refractivity contribution in [3.05, 3.63) is 0 Å². The molecule has 0 radical (unpaired) electrons. The molecule has 0 aromatic carbocycles. The third-order valence-corrected chi connectivity index (χ3v) is 5.28. The van der Waals surface area contributed by atoms with Gasteiger partial charge in [0, 0.05) is 33.3 Å². The largest absolute Gasteiger partial charge is 0.376 e. The summed E-state index contributed by atoms with van der Waals surface area (Å²) in [6.45, 7) is 4.06. The fourth-order valence-electron chi connectivity index (χ4n) is 3.65. The average Bonchev–Trinajstić information content (AvgIpc) is 3.12. The quantitative estimate of drug-likeness (QED) is 0.544. The van der Waals surface area contributed by atoms with Gasteiger partial charge in [-0.05, 0) is 44.4 Å². The summed E-state index contributed by atoms with van der Waals surface area (Å²) in [6, 6.07) is 0.457. The Bertz CT molecular complexity index is 425. The predicted octanol–water partition coefficient (Wildman–Crippen LogP) is 2.15. The molecule has 2 rings (SSSR count). The summed E-state index contributed by atoms with van der Waals surface area (Å²) in [5.41, 5.74) is 0. The number of hydrogen-bond acceptors (Lipinski definition) is 3.